The number of anilines is 1. The van der Waals surface area contributed by atoms with Crippen LogP contribution in [0.15, 0.2) is 54.6 Å². The van der Waals surface area contributed by atoms with Gasteiger partial charge >= 0.3 is 0 Å². The first-order valence-corrected chi connectivity index (χ1v) is 7.74. The molecule has 22 heavy (non-hydrogen) atoms. The van der Waals surface area contributed by atoms with Crippen molar-refractivity contribution < 1.29 is 4.74 Å². The van der Waals surface area contributed by atoms with E-state index >= 15 is 0 Å². The van der Waals surface area contributed by atoms with Gasteiger partial charge in [0.15, 0.2) is 6.73 Å². The molecule has 3 rings (SSSR count). The Balaban J connectivity index is 1.91. The predicted octanol–water partition coefficient (Wildman–Crippen LogP) is 5.03. The lowest BCUT2D eigenvalue weighted by molar-refractivity contribution is 0.286. The second kappa shape index (κ2) is 5.53. The van der Waals surface area contributed by atoms with Crippen molar-refractivity contribution in [3.8, 4) is 5.75 Å². The zero-order chi connectivity index (χ0) is 15.7. The van der Waals surface area contributed by atoms with Crippen molar-refractivity contribution >= 4 is 11.3 Å². The molecule has 0 aliphatic carbocycles. The van der Waals surface area contributed by atoms with Crippen molar-refractivity contribution in [1.82, 2.24) is 0 Å². The average molecular weight is 293 g/mol. The molecule has 0 N–H and O–H groups in total. The van der Waals surface area contributed by atoms with Gasteiger partial charge in [-0.05, 0) is 51.0 Å². The number of fused-ring (bicyclic) bond motifs is 1. The Morgan fingerprint density at radius 1 is 0.955 bits per heavy atom. The van der Waals surface area contributed by atoms with Crippen LogP contribution in [0.4, 0.5) is 5.69 Å². The Labute approximate surface area is 133 Å². The van der Waals surface area contributed by atoms with Gasteiger partial charge in [-0.1, -0.05) is 42.5 Å². The minimum Gasteiger partial charge on any atom is -0.473 e. The van der Waals surface area contributed by atoms with Gasteiger partial charge in [0.05, 0.1) is 5.54 Å². The van der Waals surface area contributed by atoms with Crippen LogP contribution in [0.1, 0.15) is 31.9 Å². The number of benzene rings is 2. The molecule has 2 nitrogen and oxygen atoms in total. The largest absolute Gasteiger partial charge is 0.473 e. The normalized spacial score (nSPS) is 16.0. The molecule has 2 aromatic carbocycles. The van der Waals surface area contributed by atoms with E-state index in [-0.39, 0.29) is 5.54 Å². The molecule has 0 saturated carbocycles. The maximum Gasteiger partial charge on any atom is 0.162 e. The Kier molecular flexibility index (Phi) is 3.69. The number of para-hydroxylation sites is 2. The summed E-state index contributed by atoms with van der Waals surface area (Å²) in [4.78, 5) is 2.32. The summed E-state index contributed by atoms with van der Waals surface area (Å²) in [5.74, 6) is 0.946. The highest BCUT2D eigenvalue weighted by molar-refractivity contribution is 5.80. The average Bonchev–Trinajstić information content (AvgIpc) is 2.48. The maximum absolute atomic E-state index is 6.10. The van der Waals surface area contributed by atoms with Crippen molar-refractivity contribution in [3.05, 3.63) is 65.7 Å². The van der Waals surface area contributed by atoms with Gasteiger partial charge in [0.2, 0.25) is 0 Å². The second-order valence-corrected chi connectivity index (χ2v) is 6.47. The molecule has 0 aromatic heterocycles. The van der Waals surface area contributed by atoms with E-state index in [1.165, 1.54) is 16.8 Å². The molecule has 0 atom stereocenters. The van der Waals surface area contributed by atoms with Crippen molar-refractivity contribution in [2.75, 3.05) is 11.6 Å². The van der Waals surface area contributed by atoms with Gasteiger partial charge in [-0.2, -0.15) is 0 Å². The highest BCUT2D eigenvalue weighted by Gasteiger charge is 2.31. The van der Waals surface area contributed by atoms with Gasteiger partial charge in [0.25, 0.3) is 0 Å². The summed E-state index contributed by atoms with van der Waals surface area (Å²) in [6.45, 7) is 9.26. The van der Waals surface area contributed by atoms with Gasteiger partial charge in [-0.25, -0.2) is 0 Å². The molecular weight excluding hydrogens is 270 g/mol. The van der Waals surface area contributed by atoms with Crippen molar-refractivity contribution in [2.24, 2.45) is 0 Å². The fourth-order valence-electron chi connectivity index (χ4n) is 3.13. The SMILES string of the molecule is CC1=CC(C)(C)N(COc2ccccc2C)c2ccccc21. The van der Waals surface area contributed by atoms with E-state index < -0.39 is 0 Å². The Bertz CT molecular complexity index is 715. The van der Waals surface area contributed by atoms with Crippen LogP contribution < -0.4 is 9.64 Å². The maximum atomic E-state index is 6.10. The van der Waals surface area contributed by atoms with Crippen LogP contribution in [0.5, 0.6) is 5.75 Å². The van der Waals surface area contributed by atoms with Crippen molar-refractivity contribution in [1.29, 1.82) is 0 Å². The van der Waals surface area contributed by atoms with Gasteiger partial charge in [0, 0.05) is 11.3 Å². The molecule has 114 valence electrons. The third-order valence-corrected chi connectivity index (χ3v) is 4.33. The summed E-state index contributed by atoms with van der Waals surface area (Å²) in [6.07, 6.45) is 2.32. The Hall–Kier alpha value is -2.22. The van der Waals surface area contributed by atoms with Gasteiger partial charge < -0.3 is 9.64 Å². The predicted molar refractivity (Wildman–Crippen MR) is 93.3 cm³/mol. The molecule has 0 unspecified atom stereocenters. The zero-order valence-corrected chi connectivity index (χ0v) is 13.8. The van der Waals surface area contributed by atoms with Crippen LogP contribution in [-0.4, -0.2) is 12.3 Å². The number of hydrogen-bond acceptors (Lipinski definition) is 2. The molecule has 0 bridgehead atoms. The number of hydrogen-bond donors (Lipinski definition) is 0. The Morgan fingerprint density at radius 3 is 2.41 bits per heavy atom. The molecular formula is C20H23NO. The summed E-state index contributed by atoms with van der Waals surface area (Å²) < 4.78 is 6.10. The molecule has 0 fully saturated rings. The van der Waals surface area contributed by atoms with Crippen LogP contribution in [0.2, 0.25) is 0 Å². The number of aryl methyl sites for hydroxylation is 1. The second-order valence-electron chi connectivity index (χ2n) is 6.47. The monoisotopic (exact) mass is 293 g/mol. The lowest BCUT2D eigenvalue weighted by Gasteiger charge is -2.42. The van der Waals surface area contributed by atoms with E-state index in [1.807, 2.05) is 18.2 Å². The molecule has 0 saturated heterocycles. The van der Waals surface area contributed by atoms with E-state index in [0.717, 1.165) is 11.3 Å². The first-order valence-electron chi connectivity index (χ1n) is 7.74. The summed E-state index contributed by atoms with van der Waals surface area (Å²) in [6, 6.07) is 16.7. The molecule has 0 amide bonds. The summed E-state index contributed by atoms with van der Waals surface area (Å²) in [5.41, 5.74) is 4.95. The highest BCUT2D eigenvalue weighted by Crippen LogP contribution is 2.38. The quantitative estimate of drug-likeness (QED) is 0.786. The number of nitrogens with zero attached hydrogens (tertiary/aromatic N) is 1. The van der Waals surface area contributed by atoms with Crippen molar-refractivity contribution in [2.45, 2.75) is 33.2 Å². The van der Waals surface area contributed by atoms with Crippen LogP contribution in [0.25, 0.3) is 5.57 Å². The summed E-state index contributed by atoms with van der Waals surface area (Å²) in [7, 11) is 0. The molecule has 2 aromatic rings. The van der Waals surface area contributed by atoms with E-state index in [9.17, 15) is 0 Å². The molecule has 0 spiro atoms. The number of allylic oxidation sites excluding steroid dienone is 1. The lowest BCUT2D eigenvalue weighted by atomic mass is 9.89. The molecule has 1 aliphatic rings. The summed E-state index contributed by atoms with van der Waals surface area (Å²) in [5, 5.41) is 0. The zero-order valence-electron chi connectivity index (χ0n) is 13.8. The van der Waals surface area contributed by atoms with Gasteiger partial charge in [0.1, 0.15) is 5.75 Å². The van der Waals surface area contributed by atoms with E-state index in [2.05, 4.69) is 69.0 Å². The molecule has 1 aliphatic heterocycles. The third-order valence-electron chi connectivity index (χ3n) is 4.33. The van der Waals surface area contributed by atoms with Crippen molar-refractivity contribution in [3.63, 3.8) is 0 Å². The number of rotatable bonds is 3. The van der Waals surface area contributed by atoms with Gasteiger partial charge in [-0.3, -0.25) is 0 Å². The summed E-state index contributed by atoms with van der Waals surface area (Å²) >= 11 is 0. The first kappa shape index (κ1) is 14.7. The minimum absolute atomic E-state index is 0.0683. The molecule has 0 radical (unpaired) electrons. The standard InChI is InChI=1S/C20H23NO/c1-15-9-5-8-12-19(15)22-14-21-18-11-7-6-10-17(18)16(2)13-20(21,3)4/h5-13H,14H2,1-4H3. The van der Waals surface area contributed by atoms with Crippen LogP contribution in [0, 0.1) is 6.92 Å². The minimum atomic E-state index is -0.0683. The fourth-order valence-corrected chi connectivity index (χ4v) is 3.13. The first-order chi connectivity index (χ1) is 10.5. The fraction of sp³-hybridized carbons (Fsp3) is 0.300. The van der Waals surface area contributed by atoms with Gasteiger partial charge in [-0.15, -0.1) is 0 Å². The topological polar surface area (TPSA) is 12.5 Å². The van der Waals surface area contributed by atoms with Crippen LogP contribution in [0.3, 0.4) is 0 Å². The lowest BCUT2D eigenvalue weighted by Crippen LogP contribution is -2.47. The van der Waals surface area contributed by atoms with Crippen LogP contribution in [-0.2, 0) is 0 Å². The van der Waals surface area contributed by atoms with Crippen LogP contribution >= 0.6 is 0 Å². The smallest absolute Gasteiger partial charge is 0.162 e. The van der Waals surface area contributed by atoms with E-state index in [0.29, 0.717) is 6.73 Å². The molecule has 2 heteroatoms. The van der Waals surface area contributed by atoms with E-state index in [4.69, 9.17) is 4.74 Å². The van der Waals surface area contributed by atoms with E-state index in [1.54, 1.807) is 0 Å². The molecule has 1 heterocycles. The number of ether oxygens (including phenoxy) is 1. The highest BCUT2D eigenvalue weighted by atomic mass is 16.5. The third kappa shape index (κ3) is 2.61. The Morgan fingerprint density at radius 2 is 1.64 bits per heavy atom.